The van der Waals surface area contributed by atoms with E-state index < -0.39 is 0 Å². The first-order chi connectivity index (χ1) is 7.69. The Kier molecular flexibility index (Phi) is 4.60. The Morgan fingerprint density at radius 2 is 2.38 bits per heavy atom. The lowest BCUT2D eigenvalue weighted by molar-refractivity contribution is 1.04. The first-order valence-corrected chi connectivity index (χ1v) is 5.39. The van der Waals surface area contributed by atoms with Gasteiger partial charge >= 0.3 is 0 Å². The van der Waals surface area contributed by atoms with E-state index >= 15 is 0 Å². The largest absolute Gasteiger partial charge is 0.399 e. The van der Waals surface area contributed by atoms with Crippen LogP contribution < -0.4 is 5.73 Å². The van der Waals surface area contributed by atoms with Gasteiger partial charge in [0.1, 0.15) is 0 Å². The summed E-state index contributed by atoms with van der Waals surface area (Å²) in [6.07, 6.45) is 8.60. The van der Waals surface area contributed by atoms with Gasteiger partial charge in [0.05, 0.1) is 5.92 Å². The minimum Gasteiger partial charge on any atom is -0.399 e. The van der Waals surface area contributed by atoms with Crippen molar-refractivity contribution in [3.63, 3.8) is 0 Å². The van der Waals surface area contributed by atoms with Crippen LogP contribution in [0.25, 0.3) is 0 Å². The molecular weight excluding hydrogens is 196 g/mol. The van der Waals surface area contributed by atoms with E-state index in [0.29, 0.717) is 0 Å². The molecule has 0 saturated heterocycles. The summed E-state index contributed by atoms with van der Waals surface area (Å²) in [7, 11) is 1.77. The average molecular weight is 214 g/mol. The number of nitrogens with zero attached hydrogens (tertiary/aromatic N) is 1. The van der Waals surface area contributed by atoms with Crippen LogP contribution in [0.5, 0.6) is 0 Å². The second-order valence-corrected chi connectivity index (χ2v) is 3.75. The van der Waals surface area contributed by atoms with Crippen LogP contribution >= 0.6 is 0 Å². The van der Waals surface area contributed by atoms with E-state index in [-0.39, 0.29) is 5.92 Å². The van der Waals surface area contributed by atoms with Crippen molar-refractivity contribution in [1.29, 1.82) is 0 Å². The van der Waals surface area contributed by atoms with Gasteiger partial charge in [-0.1, -0.05) is 24.0 Å². The summed E-state index contributed by atoms with van der Waals surface area (Å²) in [6, 6.07) is 0. The number of hydrogen-bond donors (Lipinski definition) is 1. The Bertz CT molecular complexity index is 425. The van der Waals surface area contributed by atoms with E-state index in [0.717, 1.165) is 23.3 Å². The quantitative estimate of drug-likeness (QED) is 0.556. The minimum atomic E-state index is 0.0975. The van der Waals surface area contributed by atoms with Crippen molar-refractivity contribution in [3.8, 4) is 11.8 Å². The van der Waals surface area contributed by atoms with Crippen molar-refractivity contribution in [1.82, 2.24) is 0 Å². The third-order valence-electron chi connectivity index (χ3n) is 2.54. The maximum Gasteiger partial charge on any atom is 0.0648 e. The molecule has 0 radical (unpaired) electrons. The van der Waals surface area contributed by atoms with E-state index in [4.69, 9.17) is 5.73 Å². The molecule has 2 N–H and O–H groups in total. The smallest absolute Gasteiger partial charge is 0.0648 e. The summed E-state index contributed by atoms with van der Waals surface area (Å²) < 4.78 is 0. The van der Waals surface area contributed by atoms with Crippen molar-refractivity contribution in [2.24, 2.45) is 16.6 Å². The van der Waals surface area contributed by atoms with E-state index in [9.17, 15) is 0 Å². The predicted octanol–water partition coefficient (Wildman–Crippen LogP) is 2.45. The van der Waals surface area contributed by atoms with Gasteiger partial charge < -0.3 is 5.73 Å². The van der Waals surface area contributed by atoms with E-state index in [1.807, 2.05) is 38.3 Å². The Hall–Kier alpha value is -1.75. The summed E-state index contributed by atoms with van der Waals surface area (Å²) in [5.41, 5.74) is 8.96. The standard InChI is InChI=1S/C14H18N2/c1-4-12(10-16-3)13-7-5-6-11(2)14(15)9-8-13/h4,8-10,13H,6,15H2,1-3H3/b9-8?,12-4+,14-11+,16-10?/t13-/m0/s1. The molecule has 0 fully saturated rings. The summed E-state index contributed by atoms with van der Waals surface area (Å²) in [6.45, 7) is 4.01. The van der Waals surface area contributed by atoms with Crippen molar-refractivity contribution in [3.05, 3.63) is 35.1 Å². The lowest BCUT2D eigenvalue weighted by Gasteiger charge is -2.09. The molecule has 0 aromatic rings. The molecule has 0 aromatic heterocycles. The number of rotatable bonds is 2. The van der Waals surface area contributed by atoms with Crippen LogP contribution in [-0.4, -0.2) is 13.3 Å². The fraction of sp³-hybridized carbons (Fsp3) is 0.357. The maximum atomic E-state index is 5.90. The fourth-order valence-electron chi connectivity index (χ4n) is 1.46. The second kappa shape index (κ2) is 5.97. The van der Waals surface area contributed by atoms with Crippen molar-refractivity contribution in [2.45, 2.75) is 20.3 Å². The molecule has 0 aliphatic heterocycles. The highest BCUT2D eigenvalue weighted by molar-refractivity contribution is 5.80. The molecule has 0 spiro atoms. The first kappa shape index (κ1) is 12.3. The van der Waals surface area contributed by atoms with Gasteiger partial charge in [0.2, 0.25) is 0 Å². The Balaban J connectivity index is 3.00. The molecule has 0 unspecified atom stereocenters. The molecule has 0 aromatic carbocycles. The molecule has 16 heavy (non-hydrogen) atoms. The van der Waals surface area contributed by atoms with Crippen LogP contribution in [0.15, 0.2) is 40.1 Å². The zero-order valence-corrected chi connectivity index (χ0v) is 10.1. The van der Waals surface area contributed by atoms with Gasteiger partial charge in [-0.2, -0.15) is 0 Å². The molecule has 1 rings (SSSR count). The zero-order valence-electron chi connectivity index (χ0n) is 10.1. The summed E-state index contributed by atoms with van der Waals surface area (Å²) in [5, 5.41) is 0. The molecular formula is C14H18N2. The normalized spacial score (nSPS) is 26.2. The Labute approximate surface area is 97.6 Å². The van der Waals surface area contributed by atoms with Crippen LogP contribution in [0.2, 0.25) is 0 Å². The molecule has 84 valence electrons. The summed E-state index contributed by atoms with van der Waals surface area (Å²) in [4.78, 5) is 4.03. The van der Waals surface area contributed by atoms with Gasteiger partial charge in [-0.15, -0.1) is 0 Å². The van der Waals surface area contributed by atoms with Gasteiger partial charge in [-0.25, -0.2) is 0 Å². The Morgan fingerprint density at radius 3 is 3.00 bits per heavy atom. The molecule has 0 heterocycles. The lowest BCUT2D eigenvalue weighted by Crippen LogP contribution is -2.04. The zero-order chi connectivity index (χ0) is 12.0. The van der Waals surface area contributed by atoms with Crippen LogP contribution in [0.3, 0.4) is 0 Å². The molecule has 0 saturated carbocycles. The Morgan fingerprint density at radius 1 is 1.62 bits per heavy atom. The third kappa shape index (κ3) is 3.13. The third-order valence-corrected chi connectivity index (χ3v) is 2.54. The molecule has 2 nitrogen and oxygen atoms in total. The number of nitrogens with two attached hydrogens (primary N) is 1. The van der Waals surface area contributed by atoms with Crippen LogP contribution in [0.1, 0.15) is 20.3 Å². The van der Waals surface area contributed by atoms with Gasteiger partial charge in [0.15, 0.2) is 0 Å². The molecule has 2 heteroatoms. The van der Waals surface area contributed by atoms with Crippen molar-refractivity contribution in [2.75, 3.05) is 7.05 Å². The fourth-order valence-corrected chi connectivity index (χ4v) is 1.46. The maximum absolute atomic E-state index is 5.90. The highest BCUT2D eigenvalue weighted by Crippen LogP contribution is 2.15. The second-order valence-electron chi connectivity index (χ2n) is 3.75. The molecule has 1 atom stereocenters. The summed E-state index contributed by atoms with van der Waals surface area (Å²) >= 11 is 0. The van der Waals surface area contributed by atoms with Gasteiger partial charge in [-0.05, 0) is 31.1 Å². The number of allylic oxidation sites excluding steroid dienone is 5. The van der Waals surface area contributed by atoms with Crippen molar-refractivity contribution < 1.29 is 0 Å². The van der Waals surface area contributed by atoms with Crippen LogP contribution in [0, 0.1) is 17.8 Å². The van der Waals surface area contributed by atoms with E-state index in [1.165, 1.54) is 0 Å². The van der Waals surface area contributed by atoms with E-state index in [1.54, 1.807) is 7.05 Å². The van der Waals surface area contributed by atoms with Crippen molar-refractivity contribution >= 4 is 6.21 Å². The average Bonchev–Trinajstić information content (AvgIpc) is 2.28. The molecule has 1 aliphatic rings. The van der Waals surface area contributed by atoms with E-state index in [2.05, 4.69) is 16.8 Å². The molecule has 0 bridgehead atoms. The van der Waals surface area contributed by atoms with Crippen LogP contribution in [-0.2, 0) is 0 Å². The molecule has 1 aliphatic carbocycles. The molecule has 0 amide bonds. The topological polar surface area (TPSA) is 38.4 Å². The van der Waals surface area contributed by atoms with Crippen LogP contribution in [0.4, 0.5) is 0 Å². The lowest BCUT2D eigenvalue weighted by atomic mass is 9.96. The highest BCUT2D eigenvalue weighted by Gasteiger charge is 2.06. The minimum absolute atomic E-state index is 0.0975. The number of aliphatic imine (C=N–C) groups is 1. The monoisotopic (exact) mass is 214 g/mol. The highest BCUT2D eigenvalue weighted by atomic mass is 14.6. The predicted molar refractivity (Wildman–Crippen MR) is 70.1 cm³/mol. The summed E-state index contributed by atoms with van der Waals surface area (Å²) in [5.74, 6) is 6.47. The first-order valence-electron chi connectivity index (χ1n) is 5.39. The number of hydrogen-bond acceptors (Lipinski definition) is 2. The van der Waals surface area contributed by atoms with Gasteiger partial charge in [0, 0.05) is 25.4 Å². The van der Waals surface area contributed by atoms with Gasteiger partial charge in [-0.3, -0.25) is 4.99 Å². The SMILES string of the molecule is C/C=C(\C=NC)[C@H]1C#CC/C(C)=C(/N)C=C1. The van der Waals surface area contributed by atoms with Gasteiger partial charge in [0.25, 0.3) is 0 Å².